The van der Waals surface area contributed by atoms with Crippen molar-refractivity contribution in [3.05, 3.63) is 246 Å². The number of aromatic nitrogens is 3. The number of aryl methyl sites for hydroxylation is 2. The lowest BCUT2D eigenvalue weighted by atomic mass is 9.70. The van der Waals surface area contributed by atoms with Gasteiger partial charge < -0.3 is 0 Å². The molecule has 3 aromatic heterocycles. The Morgan fingerprint density at radius 3 is 1.39 bits per heavy atom. The Balaban J connectivity index is 1.04. The molecule has 0 fully saturated rings. The first-order chi connectivity index (χ1) is 33.1. The zero-order valence-electron chi connectivity index (χ0n) is 37.0. The summed E-state index contributed by atoms with van der Waals surface area (Å²) in [6.45, 7) is 4.58. The van der Waals surface area contributed by atoms with E-state index in [4.69, 9.17) is 9.97 Å². The van der Waals surface area contributed by atoms with Crippen molar-refractivity contribution in [2.45, 2.75) is 19.3 Å². The number of hydrogen-bond acceptors (Lipinski definition) is 3. The highest BCUT2D eigenvalue weighted by atomic mass is 14.7. The van der Waals surface area contributed by atoms with Gasteiger partial charge in [0.1, 0.15) is 0 Å². The van der Waals surface area contributed by atoms with E-state index in [9.17, 15) is 0 Å². The smallest absolute Gasteiger partial charge is 0.0791 e. The molecular weight excluding hydrogens is 811 g/mol. The van der Waals surface area contributed by atoms with E-state index in [0.29, 0.717) is 0 Å². The van der Waals surface area contributed by atoms with Crippen molar-refractivity contribution < 1.29 is 0 Å². The van der Waals surface area contributed by atoms with Gasteiger partial charge in [0.05, 0.1) is 27.8 Å². The molecule has 14 rings (SSSR count). The largest absolute Gasteiger partial charge is 0.264 e. The van der Waals surface area contributed by atoms with Gasteiger partial charge in [-0.3, -0.25) is 4.98 Å². The van der Waals surface area contributed by atoms with Crippen molar-refractivity contribution in [1.82, 2.24) is 15.0 Å². The molecule has 3 heteroatoms. The van der Waals surface area contributed by atoms with E-state index in [1.54, 1.807) is 0 Å². The van der Waals surface area contributed by atoms with Crippen molar-refractivity contribution in [2.75, 3.05) is 0 Å². The maximum Gasteiger partial charge on any atom is 0.0791 e. The van der Waals surface area contributed by atoms with E-state index < -0.39 is 5.41 Å². The maximum absolute atomic E-state index is 5.68. The van der Waals surface area contributed by atoms with Crippen LogP contribution in [0, 0.1) is 13.8 Å². The Morgan fingerprint density at radius 2 is 0.791 bits per heavy atom. The number of para-hydroxylation sites is 1. The number of pyridine rings is 3. The number of rotatable bonds is 4. The number of benzene rings is 9. The first-order valence-electron chi connectivity index (χ1n) is 23.2. The van der Waals surface area contributed by atoms with Crippen LogP contribution in [0.5, 0.6) is 0 Å². The van der Waals surface area contributed by atoms with Gasteiger partial charge in [-0.25, -0.2) is 9.97 Å². The van der Waals surface area contributed by atoms with Gasteiger partial charge in [-0.15, -0.1) is 0 Å². The lowest BCUT2D eigenvalue weighted by molar-refractivity contribution is 0.794. The molecule has 12 aromatic rings. The van der Waals surface area contributed by atoms with Crippen LogP contribution in [0.1, 0.15) is 33.4 Å². The molecule has 2 aliphatic carbocycles. The van der Waals surface area contributed by atoms with E-state index in [1.165, 1.54) is 88.3 Å². The lowest BCUT2D eigenvalue weighted by Crippen LogP contribution is -2.26. The van der Waals surface area contributed by atoms with Crippen LogP contribution in [-0.4, -0.2) is 15.0 Å². The topological polar surface area (TPSA) is 38.7 Å². The average molecular weight is 852 g/mol. The number of hydrogen-bond donors (Lipinski definition) is 0. The molecule has 0 N–H and O–H groups in total. The molecule has 0 amide bonds. The molecule has 312 valence electrons. The molecule has 3 nitrogen and oxygen atoms in total. The second-order valence-corrected chi connectivity index (χ2v) is 18.3. The van der Waals surface area contributed by atoms with Crippen LogP contribution in [-0.2, 0) is 5.41 Å². The minimum Gasteiger partial charge on any atom is -0.264 e. The van der Waals surface area contributed by atoms with Gasteiger partial charge in [0, 0.05) is 45.1 Å². The third kappa shape index (κ3) is 5.25. The zero-order valence-corrected chi connectivity index (χ0v) is 37.0. The predicted octanol–water partition coefficient (Wildman–Crippen LogP) is 16.1. The van der Waals surface area contributed by atoms with Gasteiger partial charge in [-0.2, -0.15) is 0 Å². The standard InChI is InChI=1S/C64H41N3/c1-38-58-50-23-11-14-26-56(50)66-62(40-16-5-3-6-17-40)60(58)39(2)59-51-32-29-44(36-57(51)67-63(61(38)59)41-18-7-4-8-19-41)42-27-30-48-49-31-28-43(45-20-15-33-65-37-45)35-55(49)64(54(48)34-42)52-24-12-9-21-46(52)47-22-10-13-25-53(47)64/h3-37H,1-2H3. The first-order valence-corrected chi connectivity index (χ1v) is 23.2. The van der Waals surface area contributed by atoms with Gasteiger partial charge in [-0.1, -0.05) is 170 Å². The highest BCUT2D eigenvalue weighted by Gasteiger charge is 2.51. The Morgan fingerprint density at radius 1 is 0.328 bits per heavy atom. The summed E-state index contributed by atoms with van der Waals surface area (Å²) in [4.78, 5) is 15.6. The molecular formula is C64H41N3. The highest BCUT2D eigenvalue weighted by Crippen LogP contribution is 2.63. The second kappa shape index (κ2) is 14.2. The summed E-state index contributed by atoms with van der Waals surface area (Å²) in [7, 11) is 0. The molecule has 0 unspecified atom stereocenters. The third-order valence-corrected chi connectivity index (χ3v) is 14.9. The number of nitrogens with zero attached hydrogens (tertiary/aromatic N) is 3. The molecule has 0 aliphatic heterocycles. The average Bonchev–Trinajstić information content (AvgIpc) is 3.86. The van der Waals surface area contributed by atoms with Crippen LogP contribution >= 0.6 is 0 Å². The Labute approximate surface area is 388 Å². The summed E-state index contributed by atoms with van der Waals surface area (Å²) in [5.41, 5.74) is 23.1. The fourth-order valence-corrected chi connectivity index (χ4v) is 12.1. The maximum atomic E-state index is 5.68. The van der Waals surface area contributed by atoms with Crippen LogP contribution in [0.15, 0.2) is 213 Å². The van der Waals surface area contributed by atoms with E-state index in [0.717, 1.165) is 55.4 Å². The SMILES string of the molecule is Cc1c2c(-c3ccccc3)nc3cc(-c4ccc5c(c4)C4(c6ccccc6-c6ccccc64)c4cc(-c6cccnc6)ccc4-5)ccc3c2c(C)c2c(-c3ccccc3)nc3ccccc3c12. The van der Waals surface area contributed by atoms with Gasteiger partial charge in [0.15, 0.2) is 0 Å². The number of fused-ring (bicyclic) bond motifs is 16. The Hall–Kier alpha value is -8.53. The van der Waals surface area contributed by atoms with E-state index in [2.05, 4.69) is 213 Å². The zero-order chi connectivity index (χ0) is 44.4. The fraction of sp³-hybridized carbons (Fsp3) is 0.0469. The molecule has 0 saturated heterocycles. The normalized spacial score (nSPS) is 13.0. The minimum atomic E-state index is -0.498. The summed E-state index contributed by atoms with van der Waals surface area (Å²) in [6.07, 6.45) is 3.81. The molecule has 1 spiro atoms. The van der Waals surface area contributed by atoms with Crippen LogP contribution in [0.4, 0.5) is 0 Å². The van der Waals surface area contributed by atoms with Gasteiger partial charge in [0.25, 0.3) is 0 Å². The Kier molecular flexibility index (Phi) is 8.03. The molecule has 9 aromatic carbocycles. The molecule has 0 radical (unpaired) electrons. The quantitative estimate of drug-likeness (QED) is 0.131. The van der Waals surface area contributed by atoms with Crippen LogP contribution in [0.25, 0.3) is 110 Å². The molecule has 2 aliphatic rings. The molecule has 67 heavy (non-hydrogen) atoms. The molecule has 0 bridgehead atoms. The van der Waals surface area contributed by atoms with Gasteiger partial charge in [0.2, 0.25) is 0 Å². The lowest BCUT2D eigenvalue weighted by Gasteiger charge is -2.31. The molecule has 3 heterocycles. The summed E-state index contributed by atoms with van der Waals surface area (Å²) in [6, 6.07) is 73.4. The van der Waals surface area contributed by atoms with E-state index in [-0.39, 0.29) is 0 Å². The van der Waals surface area contributed by atoms with Crippen molar-refractivity contribution in [3.8, 4) is 67.0 Å². The molecule has 0 saturated carbocycles. The second-order valence-electron chi connectivity index (χ2n) is 18.3. The first kappa shape index (κ1) is 37.8. The predicted molar refractivity (Wildman–Crippen MR) is 277 cm³/mol. The summed E-state index contributed by atoms with van der Waals surface area (Å²) < 4.78 is 0. The van der Waals surface area contributed by atoms with Crippen LogP contribution < -0.4 is 0 Å². The van der Waals surface area contributed by atoms with Crippen molar-refractivity contribution >= 4 is 43.4 Å². The van der Waals surface area contributed by atoms with Crippen LogP contribution in [0.3, 0.4) is 0 Å². The summed E-state index contributed by atoms with van der Waals surface area (Å²) in [5, 5.41) is 7.14. The van der Waals surface area contributed by atoms with Crippen molar-refractivity contribution in [2.24, 2.45) is 0 Å². The van der Waals surface area contributed by atoms with E-state index >= 15 is 0 Å². The van der Waals surface area contributed by atoms with Gasteiger partial charge in [-0.05, 0) is 133 Å². The minimum absolute atomic E-state index is 0.498. The van der Waals surface area contributed by atoms with Crippen LogP contribution in [0.2, 0.25) is 0 Å². The third-order valence-electron chi connectivity index (χ3n) is 14.9. The van der Waals surface area contributed by atoms with Gasteiger partial charge >= 0.3 is 0 Å². The fourth-order valence-electron chi connectivity index (χ4n) is 12.1. The highest BCUT2D eigenvalue weighted by molar-refractivity contribution is 6.25. The van der Waals surface area contributed by atoms with E-state index in [1.807, 2.05) is 18.5 Å². The monoisotopic (exact) mass is 851 g/mol. The van der Waals surface area contributed by atoms with Crippen molar-refractivity contribution in [3.63, 3.8) is 0 Å². The Bertz CT molecular complexity index is 4000. The summed E-state index contributed by atoms with van der Waals surface area (Å²) in [5.74, 6) is 0. The summed E-state index contributed by atoms with van der Waals surface area (Å²) >= 11 is 0. The van der Waals surface area contributed by atoms with Crippen molar-refractivity contribution in [1.29, 1.82) is 0 Å². The molecule has 0 atom stereocenters.